The molecule has 2 aromatic rings. The molecule has 1 N–H and O–H groups in total. The number of fused-ring (bicyclic) bond motifs is 1. The lowest BCUT2D eigenvalue weighted by molar-refractivity contribution is 0.109. The Morgan fingerprint density at radius 1 is 1.38 bits per heavy atom. The van der Waals surface area contributed by atoms with Gasteiger partial charge in [-0.05, 0) is 17.7 Å². The number of aromatic nitrogens is 2. The van der Waals surface area contributed by atoms with E-state index in [0.29, 0.717) is 30.5 Å². The fourth-order valence-electron chi connectivity index (χ4n) is 2.40. The van der Waals surface area contributed by atoms with Crippen LogP contribution in [0.5, 0.6) is 0 Å². The molecule has 3 rings (SSSR count). The lowest BCUT2D eigenvalue weighted by Crippen LogP contribution is -2.17. The number of benzene rings is 1. The van der Waals surface area contributed by atoms with Gasteiger partial charge in [-0.25, -0.2) is 14.4 Å². The van der Waals surface area contributed by atoms with Gasteiger partial charge in [0.1, 0.15) is 17.5 Å². The smallest absolute Gasteiger partial charge is 0.135 e. The van der Waals surface area contributed by atoms with Gasteiger partial charge < -0.3 is 10.1 Å². The molecule has 4 nitrogen and oxygen atoms in total. The van der Waals surface area contributed by atoms with E-state index in [2.05, 4.69) is 15.3 Å². The van der Waals surface area contributed by atoms with Gasteiger partial charge >= 0.3 is 0 Å². The molecule has 1 aliphatic heterocycles. The molecular weight excluding hydrogens is 293 g/mol. The normalized spacial score (nSPS) is 13.9. The molecule has 6 heteroatoms. The molecule has 0 unspecified atom stereocenters. The van der Waals surface area contributed by atoms with Gasteiger partial charge in [-0.1, -0.05) is 17.7 Å². The van der Waals surface area contributed by atoms with Gasteiger partial charge in [0.25, 0.3) is 0 Å². The first-order valence-electron chi connectivity index (χ1n) is 6.75. The second-order valence-corrected chi connectivity index (χ2v) is 5.29. The van der Waals surface area contributed by atoms with Crippen LogP contribution in [0.4, 0.5) is 10.2 Å². The van der Waals surface area contributed by atoms with Crippen molar-refractivity contribution >= 4 is 17.4 Å². The summed E-state index contributed by atoms with van der Waals surface area (Å²) in [5.74, 6) is 1.12. The Morgan fingerprint density at radius 3 is 3.00 bits per heavy atom. The van der Waals surface area contributed by atoms with E-state index in [-0.39, 0.29) is 5.82 Å². The lowest BCUT2D eigenvalue weighted by atomic mass is 10.1. The molecule has 1 aromatic heterocycles. The largest absolute Gasteiger partial charge is 0.376 e. The van der Waals surface area contributed by atoms with E-state index < -0.39 is 0 Å². The van der Waals surface area contributed by atoms with Gasteiger partial charge in [0.05, 0.1) is 18.9 Å². The van der Waals surface area contributed by atoms with Gasteiger partial charge in [0, 0.05) is 30.5 Å². The topological polar surface area (TPSA) is 47.0 Å². The monoisotopic (exact) mass is 307 g/mol. The molecule has 0 atom stereocenters. The van der Waals surface area contributed by atoms with Crippen molar-refractivity contribution in [2.24, 2.45) is 0 Å². The lowest BCUT2D eigenvalue weighted by Gasteiger charge is -2.19. The number of halogens is 2. The van der Waals surface area contributed by atoms with Crippen molar-refractivity contribution < 1.29 is 9.13 Å². The highest BCUT2D eigenvalue weighted by molar-refractivity contribution is 6.31. The summed E-state index contributed by atoms with van der Waals surface area (Å²) >= 11 is 6.07. The molecular formula is C15H15ClFN3O. The van der Waals surface area contributed by atoms with Crippen LogP contribution in [0, 0.1) is 5.82 Å². The Labute approximate surface area is 127 Å². The van der Waals surface area contributed by atoms with E-state index in [1.165, 1.54) is 12.1 Å². The van der Waals surface area contributed by atoms with Crippen LogP contribution >= 0.6 is 11.6 Å². The fourth-order valence-corrected chi connectivity index (χ4v) is 2.64. The third-order valence-corrected chi connectivity index (χ3v) is 3.82. The van der Waals surface area contributed by atoms with Gasteiger partial charge in [-0.3, -0.25) is 0 Å². The van der Waals surface area contributed by atoms with Crippen LogP contribution in [0.2, 0.25) is 5.02 Å². The summed E-state index contributed by atoms with van der Waals surface area (Å²) in [4.78, 5) is 9.11. The zero-order chi connectivity index (χ0) is 14.8. The molecule has 0 saturated heterocycles. The van der Waals surface area contributed by atoms with E-state index in [1.54, 1.807) is 6.07 Å². The van der Waals surface area contributed by atoms with Crippen molar-refractivity contribution in [3.8, 4) is 0 Å². The average molecular weight is 308 g/mol. The average Bonchev–Trinajstić information content (AvgIpc) is 2.49. The highest BCUT2D eigenvalue weighted by Gasteiger charge is 2.18. The van der Waals surface area contributed by atoms with Crippen molar-refractivity contribution in [2.75, 3.05) is 19.0 Å². The van der Waals surface area contributed by atoms with Crippen molar-refractivity contribution in [3.05, 3.63) is 51.7 Å². The van der Waals surface area contributed by atoms with Crippen molar-refractivity contribution in [3.63, 3.8) is 0 Å². The number of rotatable bonds is 3. The number of nitrogens with one attached hydrogen (secondary N) is 1. The van der Waals surface area contributed by atoms with E-state index in [9.17, 15) is 4.39 Å². The number of ether oxygens (including phenoxy) is 1. The number of hydrogen-bond donors (Lipinski definition) is 1. The first-order chi connectivity index (χ1) is 10.2. The van der Waals surface area contributed by atoms with Crippen molar-refractivity contribution in [1.82, 2.24) is 9.97 Å². The second-order valence-electron chi connectivity index (χ2n) is 4.88. The highest BCUT2D eigenvalue weighted by atomic mass is 35.5. The van der Waals surface area contributed by atoms with Gasteiger partial charge in [-0.2, -0.15) is 0 Å². The zero-order valence-corrected chi connectivity index (χ0v) is 12.4. The first-order valence-corrected chi connectivity index (χ1v) is 7.13. The van der Waals surface area contributed by atoms with Crippen LogP contribution in [0.3, 0.4) is 0 Å². The fraction of sp³-hybridized carbons (Fsp3) is 0.333. The maximum atomic E-state index is 13.1. The summed E-state index contributed by atoms with van der Waals surface area (Å²) in [6.45, 7) is 1.20. The van der Waals surface area contributed by atoms with Crippen LogP contribution in [0.25, 0.3) is 0 Å². The predicted octanol–water partition coefficient (Wildman–Crippen LogP) is 2.97. The molecule has 1 aliphatic rings. The van der Waals surface area contributed by atoms with Crippen LogP contribution < -0.4 is 5.32 Å². The van der Waals surface area contributed by atoms with E-state index in [4.69, 9.17) is 16.3 Å². The van der Waals surface area contributed by atoms with Gasteiger partial charge in [0.2, 0.25) is 0 Å². The van der Waals surface area contributed by atoms with Crippen molar-refractivity contribution in [1.29, 1.82) is 0 Å². The molecule has 110 valence electrons. The molecule has 0 bridgehead atoms. The number of anilines is 1. The van der Waals surface area contributed by atoms with E-state index in [0.717, 1.165) is 29.1 Å². The molecule has 2 heterocycles. The molecule has 0 spiro atoms. The molecule has 0 fully saturated rings. The van der Waals surface area contributed by atoms with Crippen molar-refractivity contribution in [2.45, 2.75) is 19.4 Å². The summed E-state index contributed by atoms with van der Waals surface area (Å²) in [6.07, 6.45) is 1.25. The zero-order valence-electron chi connectivity index (χ0n) is 11.6. The van der Waals surface area contributed by atoms with Crippen LogP contribution in [0.15, 0.2) is 18.2 Å². The minimum Gasteiger partial charge on any atom is -0.376 e. The first kappa shape index (κ1) is 14.2. The van der Waals surface area contributed by atoms with Crippen LogP contribution in [-0.2, 0) is 24.2 Å². The molecule has 0 saturated carbocycles. The summed E-state index contributed by atoms with van der Waals surface area (Å²) in [6, 6.07) is 4.37. The molecule has 0 radical (unpaired) electrons. The van der Waals surface area contributed by atoms with Gasteiger partial charge in [0.15, 0.2) is 0 Å². The Hall–Kier alpha value is -1.72. The van der Waals surface area contributed by atoms with E-state index in [1.807, 2.05) is 7.05 Å². The quantitative estimate of drug-likeness (QED) is 0.947. The van der Waals surface area contributed by atoms with Crippen LogP contribution in [0.1, 0.15) is 22.6 Å². The van der Waals surface area contributed by atoms with Gasteiger partial charge in [-0.15, -0.1) is 0 Å². The maximum Gasteiger partial charge on any atom is 0.135 e. The number of nitrogens with zero attached hydrogens (tertiary/aromatic N) is 2. The summed E-state index contributed by atoms with van der Waals surface area (Å²) in [5.41, 5.74) is 2.83. The minimum absolute atomic E-state index is 0.344. The number of hydrogen-bond acceptors (Lipinski definition) is 4. The Bertz CT molecular complexity index is 661. The Morgan fingerprint density at radius 2 is 2.24 bits per heavy atom. The molecule has 0 amide bonds. The van der Waals surface area contributed by atoms with Crippen LogP contribution in [-0.4, -0.2) is 23.6 Å². The third-order valence-electron chi connectivity index (χ3n) is 3.47. The molecule has 0 aliphatic carbocycles. The summed E-state index contributed by atoms with van der Waals surface area (Å²) < 4.78 is 18.5. The Balaban J connectivity index is 1.95. The van der Waals surface area contributed by atoms with E-state index >= 15 is 0 Å². The maximum absolute atomic E-state index is 13.1. The highest BCUT2D eigenvalue weighted by Crippen LogP contribution is 2.24. The minimum atomic E-state index is -0.344. The summed E-state index contributed by atoms with van der Waals surface area (Å²) in [7, 11) is 1.83. The SMILES string of the molecule is CNc1nc(Cc2ccc(F)cc2Cl)nc2c1COCC2. The molecule has 21 heavy (non-hydrogen) atoms. The second kappa shape index (κ2) is 5.95. The molecule has 1 aromatic carbocycles. The predicted molar refractivity (Wildman–Crippen MR) is 79.2 cm³/mol. The Kier molecular flexibility index (Phi) is 4.03. The summed E-state index contributed by atoms with van der Waals surface area (Å²) in [5, 5.41) is 3.48. The third kappa shape index (κ3) is 2.99. The standard InChI is InChI=1S/C15H15ClFN3O/c1-18-15-11-8-21-5-4-13(11)19-14(20-15)6-9-2-3-10(17)7-12(9)16/h2-3,7H,4-6,8H2,1H3,(H,18,19,20).